The first-order valence-corrected chi connectivity index (χ1v) is 10.3. The Kier molecular flexibility index (Phi) is 5.30. The summed E-state index contributed by atoms with van der Waals surface area (Å²) in [7, 11) is 1.40. The van der Waals surface area contributed by atoms with E-state index in [0.717, 1.165) is 4.90 Å². The summed E-state index contributed by atoms with van der Waals surface area (Å²) < 4.78 is 8.22. The molecule has 5 rings (SSSR count). The van der Waals surface area contributed by atoms with Crippen molar-refractivity contribution >= 4 is 28.8 Å². The quantitative estimate of drug-likeness (QED) is 0.394. The summed E-state index contributed by atoms with van der Waals surface area (Å²) in [5, 5.41) is 9.32. The lowest BCUT2D eigenvalue weighted by Crippen LogP contribution is -2.25. The van der Waals surface area contributed by atoms with Gasteiger partial charge in [-0.15, -0.1) is 0 Å². The first-order valence-electron chi connectivity index (χ1n) is 10.3. The predicted octanol–water partition coefficient (Wildman–Crippen LogP) is 2.85. The van der Waals surface area contributed by atoms with E-state index in [9.17, 15) is 14.7 Å². The lowest BCUT2D eigenvalue weighted by atomic mass is 10.2. The van der Waals surface area contributed by atoms with Gasteiger partial charge in [-0.3, -0.25) is 4.90 Å². The van der Waals surface area contributed by atoms with E-state index >= 15 is 0 Å². The SMILES string of the molecule is CN(C(=O)O)c1cccc(-n2c(=O)n(-c3ncc(Oc4ccccc4)cn3)c3c(N)ncnc32)c1. The molecular formula is C23H18N8O4. The molecule has 0 radical (unpaired) electrons. The molecule has 3 heterocycles. The number of imidazole rings is 1. The van der Waals surface area contributed by atoms with Crippen LogP contribution in [0, 0.1) is 0 Å². The summed E-state index contributed by atoms with van der Waals surface area (Å²) in [6.07, 6.45) is 2.97. The van der Waals surface area contributed by atoms with Crippen LogP contribution in [-0.4, -0.2) is 47.3 Å². The minimum atomic E-state index is -1.14. The zero-order chi connectivity index (χ0) is 24.5. The lowest BCUT2D eigenvalue weighted by Gasteiger charge is -2.14. The lowest BCUT2D eigenvalue weighted by molar-refractivity contribution is 0.203. The van der Waals surface area contributed by atoms with E-state index in [1.54, 1.807) is 36.4 Å². The van der Waals surface area contributed by atoms with Crippen molar-refractivity contribution in [1.82, 2.24) is 29.1 Å². The third kappa shape index (κ3) is 3.88. The summed E-state index contributed by atoms with van der Waals surface area (Å²) in [6.45, 7) is 0. The topological polar surface area (TPSA) is 154 Å². The fourth-order valence-corrected chi connectivity index (χ4v) is 3.52. The van der Waals surface area contributed by atoms with Crippen LogP contribution in [-0.2, 0) is 0 Å². The van der Waals surface area contributed by atoms with E-state index in [0.29, 0.717) is 22.9 Å². The standard InChI is InChI=1S/C23H18N8O4/c1-29(23(33)34)14-6-5-7-15(10-14)30-20-18(19(24)27-13-28-20)31(22(30)32)21-25-11-17(12-26-21)35-16-8-3-2-4-9-16/h2-13H,1H3,(H,33,34)(H2,24,27,28). The number of fused-ring (bicyclic) bond motifs is 1. The maximum atomic E-state index is 13.6. The van der Waals surface area contributed by atoms with Gasteiger partial charge in [-0.05, 0) is 30.3 Å². The second-order valence-corrected chi connectivity index (χ2v) is 7.38. The molecule has 0 unspecified atom stereocenters. The fourth-order valence-electron chi connectivity index (χ4n) is 3.52. The molecule has 0 aliphatic carbocycles. The molecule has 3 aromatic heterocycles. The minimum absolute atomic E-state index is 0.0412. The number of nitrogen functional groups attached to an aromatic ring is 1. The predicted molar refractivity (Wildman–Crippen MR) is 127 cm³/mol. The highest BCUT2D eigenvalue weighted by Crippen LogP contribution is 2.25. The van der Waals surface area contributed by atoms with Crippen molar-refractivity contribution < 1.29 is 14.6 Å². The van der Waals surface area contributed by atoms with Gasteiger partial charge >= 0.3 is 11.8 Å². The Balaban J connectivity index is 1.63. The van der Waals surface area contributed by atoms with Crippen LogP contribution in [0.3, 0.4) is 0 Å². The summed E-state index contributed by atoms with van der Waals surface area (Å²) in [6, 6.07) is 15.6. The van der Waals surface area contributed by atoms with Crippen LogP contribution in [0.4, 0.5) is 16.3 Å². The van der Waals surface area contributed by atoms with Crippen molar-refractivity contribution in [3.05, 3.63) is 83.8 Å². The zero-order valence-electron chi connectivity index (χ0n) is 18.3. The maximum Gasteiger partial charge on any atom is 0.411 e. The van der Waals surface area contributed by atoms with Crippen LogP contribution < -0.4 is 21.1 Å². The molecule has 12 heteroatoms. The molecule has 1 amide bonds. The van der Waals surface area contributed by atoms with Crippen LogP contribution in [0.25, 0.3) is 22.8 Å². The Morgan fingerprint density at radius 2 is 1.71 bits per heavy atom. The second kappa shape index (κ2) is 8.59. The van der Waals surface area contributed by atoms with E-state index in [1.807, 2.05) is 18.2 Å². The summed E-state index contributed by atoms with van der Waals surface area (Å²) in [4.78, 5) is 42.9. The molecule has 2 aromatic carbocycles. The third-order valence-electron chi connectivity index (χ3n) is 5.20. The molecule has 0 atom stereocenters. The highest BCUT2D eigenvalue weighted by molar-refractivity contribution is 5.87. The highest BCUT2D eigenvalue weighted by Gasteiger charge is 2.22. The van der Waals surface area contributed by atoms with Gasteiger partial charge in [0, 0.05) is 12.7 Å². The number of amides is 1. The maximum absolute atomic E-state index is 13.6. The molecule has 174 valence electrons. The summed E-state index contributed by atoms with van der Waals surface area (Å²) in [5.74, 6) is 1.09. The Morgan fingerprint density at radius 3 is 2.43 bits per heavy atom. The number of aromatic nitrogens is 6. The molecule has 0 aliphatic rings. The van der Waals surface area contributed by atoms with Gasteiger partial charge in [0.2, 0.25) is 5.95 Å². The molecule has 0 aliphatic heterocycles. The number of ether oxygens (including phenoxy) is 1. The number of carboxylic acid groups (broad SMARTS) is 1. The van der Waals surface area contributed by atoms with E-state index in [4.69, 9.17) is 10.5 Å². The molecule has 5 aromatic rings. The number of anilines is 2. The average molecular weight is 470 g/mol. The number of para-hydroxylation sites is 1. The van der Waals surface area contributed by atoms with Gasteiger partial charge in [-0.25, -0.2) is 38.7 Å². The molecule has 12 nitrogen and oxygen atoms in total. The Hall–Kier alpha value is -5.26. The molecule has 0 fully saturated rings. The van der Waals surface area contributed by atoms with Crippen molar-refractivity contribution in [2.45, 2.75) is 0 Å². The molecule has 0 spiro atoms. The summed E-state index contributed by atoms with van der Waals surface area (Å²) >= 11 is 0. The van der Waals surface area contributed by atoms with Gasteiger partial charge < -0.3 is 15.6 Å². The highest BCUT2D eigenvalue weighted by atomic mass is 16.5. The monoisotopic (exact) mass is 470 g/mol. The second-order valence-electron chi connectivity index (χ2n) is 7.38. The van der Waals surface area contributed by atoms with Gasteiger partial charge in [0.1, 0.15) is 17.6 Å². The zero-order valence-corrected chi connectivity index (χ0v) is 18.3. The first-order chi connectivity index (χ1) is 16.9. The molecule has 35 heavy (non-hydrogen) atoms. The van der Waals surface area contributed by atoms with Gasteiger partial charge in [0.05, 0.1) is 18.1 Å². The van der Waals surface area contributed by atoms with E-state index in [2.05, 4.69) is 19.9 Å². The molecule has 0 bridgehead atoms. The fraction of sp³-hybridized carbons (Fsp3) is 0.0435. The molecule has 0 saturated heterocycles. The minimum Gasteiger partial charge on any atom is -0.465 e. The van der Waals surface area contributed by atoms with E-state index in [1.165, 1.54) is 34.9 Å². The molecule has 3 N–H and O–H groups in total. The number of benzene rings is 2. The average Bonchev–Trinajstić information content (AvgIpc) is 3.17. The van der Waals surface area contributed by atoms with Crippen LogP contribution in [0.1, 0.15) is 0 Å². The van der Waals surface area contributed by atoms with Crippen LogP contribution >= 0.6 is 0 Å². The van der Waals surface area contributed by atoms with Crippen LogP contribution in [0.5, 0.6) is 11.5 Å². The number of nitrogens with two attached hydrogens (primary N) is 1. The third-order valence-corrected chi connectivity index (χ3v) is 5.20. The van der Waals surface area contributed by atoms with Gasteiger partial charge in [-0.2, -0.15) is 0 Å². The van der Waals surface area contributed by atoms with Crippen molar-refractivity contribution in [1.29, 1.82) is 0 Å². The van der Waals surface area contributed by atoms with Gasteiger partial charge in [-0.1, -0.05) is 24.3 Å². The number of hydrogen-bond acceptors (Lipinski definition) is 8. The van der Waals surface area contributed by atoms with Crippen LogP contribution in [0.15, 0.2) is 78.1 Å². The number of nitrogens with zero attached hydrogens (tertiary/aromatic N) is 7. The summed E-state index contributed by atoms with van der Waals surface area (Å²) in [5.41, 5.74) is 6.73. The molecule has 0 saturated carbocycles. The number of rotatable bonds is 5. The normalized spacial score (nSPS) is 10.9. The number of hydrogen-bond donors (Lipinski definition) is 2. The first kappa shape index (κ1) is 21.6. The van der Waals surface area contributed by atoms with Crippen molar-refractivity contribution in [2.24, 2.45) is 0 Å². The van der Waals surface area contributed by atoms with Crippen molar-refractivity contribution in [2.75, 3.05) is 17.7 Å². The van der Waals surface area contributed by atoms with Gasteiger partial charge in [0.15, 0.2) is 17.2 Å². The van der Waals surface area contributed by atoms with Crippen molar-refractivity contribution in [3.8, 4) is 23.1 Å². The molecular weight excluding hydrogens is 452 g/mol. The number of carbonyl (C=O) groups is 1. The van der Waals surface area contributed by atoms with Crippen molar-refractivity contribution in [3.63, 3.8) is 0 Å². The smallest absolute Gasteiger partial charge is 0.411 e. The van der Waals surface area contributed by atoms with E-state index in [-0.39, 0.29) is 22.9 Å². The van der Waals surface area contributed by atoms with Gasteiger partial charge in [0.25, 0.3) is 0 Å². The van der Waals surface area contributed by atoms with Crippen LogP contribution in [0.2, 0.25) is 0 Å². The Bertz CT molecular complexity index is 1600. The van der Waals surface area contributed by atoms with E-state index < -0.39 is 11.8 Å². The Morgan fingerprint density at radius 1 is 0.971 bits per heavy atom. The largest absolute Gasteiger partial charge is 0.465 e. The Labute approximate surface area is 197 Å².